The number of hydrogen-bond acceptors (Lipinski definition) is 6. The molecule has 2 aromatic heterocycles. The molecule has 1 atom stereocenters. The fourth-order valence-corrected chi connectivity index (χ4v) is 6.32. The number of amides is 1. The normalized spacial score (nSPS) is 19.1. The van der Waals surface area contributed by atoms with Gasteiger partial charge in [-0.05, 0) is 78.6 Å². The Morgan fingerprint density at radius 2 is 1.84 bits per heavy atom. The second-order valence-electron chi connectivity index (χ2n) is 9.99. The van der Waals surface area contributed by atoms with E-state index in [2.05, 4.69) is 24.9 Å². The van der Waals surface area contributed by atoms with Crippen molar-refractivity contribution in [3.8, 4) is 0 Å². The zero-order chi connectivity index (χ0) is 25.7. The number of nitrogens with zero attached hydrogens (tertiary/aromatic N) is 3. The topological polar surface area (TPSA) is 83.4 Å². The van der Waals surface area contributed by atoms with E-state index in [0.29, 0.717) is 22.3 Å². The fourth-order valence-electron chi connectivity index (χ4n) is 5.27. The molecule has 0 spiro atoms. The highest BCUT2D eigenvalue weighted by molar-refractivity contribution is 7.22. The number of pyridine rings is 1. The van der Waals surface area contributed by atoms with E-state index in [1.54, 1.807) is 18.3 Å². The predicted octanol–water partition coefficient (Wildman–Crippen LogP) is 6.32. The monoisotopic (exact) mass is 509 g/mol. The number of ketones is 1. The van der Waals surface area contributed by atoms with Crippen molar-refractivity contribution in [2.75, 3.05) is 4.90 Å². The molecule has 1 aliphatic carbocycles. The van der Waals surface area contributed by atoms with Gasteiger partial charge < -0.3 is 5.11 Å². The smallest absolute Gasteiger partial charge is 0.301 e. The summed E-state index contributed by atoms with van der Waals surface area (Å²) in [4.78, 5) is 37.6. The molecule has 4 aromatic rings. The molecule has 2 aliphatic rings. The van der Waals surface area contributed by atoms with Crippen LogP contribution in [0, 0.1) is 0 Å². The molecule has 0 saturated carbocycles. The highest BCUT2D eigenvalue weighted by Gasteiger charge is 2.48. The van der Waals surface area contributed by atoms with Crippen LogP contribution in [-0.4, -0.2) is 26.8 Å². The minimum absolute atomic E-state index is 0.0431. The second kappa shape index (κ2) is 9.23. The lowest BCUT2D eigenvalue weighted by molar-refractivity contribution is -0.132. The Balaban J connectivity index is 1.51. The summed E-state index contributed by atoms with van der Waals surface area (Å²) in [5, 5.41) is 11.9. The Bertz CT molecular complexity index is 1570. The van der Waals surface area contributed by atoms with E-state index >= 15 is 0 Å². The van der Waals surface area contributed by atoms with Crippen molar-refractivity contribution in [3.05, 3.63) is 94.3 Å². The molecule has 6 nitrogen and oxygen atoms in total. The number of hydrogen-bond donors (Lipinski definition) is 1. The van der Waals surface area contributed by atoms with E-state index in [1.807, 2.05) is 36.4 Å². The van der Waals surface area contributed by atoms with Crippen molar-refractivity contribution in [1.29, 1.82) is 0 Å². The van der Waals surface area contributed by atoms with Gasteiger partial charge in [-0.25, -0.2) is 4.98 Å². The molecule has 1 unspecified atom stereocenters. The third kappa shape index (κ3) is 4.03. The number of aromatic nitrogens is 2. The van der Waals surface area contributed by atoms with E-state index in [-0.39, 0.29) is 11.3 Å². The second-order valence-corrected chi connectivity index (χ2v) is 11.0. The van der Waals surface area contributed by atoms with E-state index in [9.17, 15) is 14.7 Å². The molecule has 0 bridgehead atoms. The van der Waals surface area contributed by atoms with E-state index < -0.39 is 17.7 Å². The first kappa shape index (κ1) is 23.6. The van der Waals surface area contributed by atoms with Gasteiger partial charge in [0.05, 0.1) is 21.5 Å². The lowest BCUT2D eigenvalue weighted by Gasteiger charge is -2.22. The van der Waals surface area contributed by atoms with Crippen LogP contribution < -0.4 is 4.90 Å². The Morgan fingerprint density at radius 1 is 1.03 bits per heavy atom. The van der Waals surface area contributed by atoms with Gasteiger partial charge >= 0.3 is 5.91 Å². The molecule has 37 heavy (non-hydrogen) atoms. The minimum atomic E-state index is -0.873. The molecule has 1 fully saturated rings. The van der Waals surface area contributed by atoms with Gasteiger partial charge in [-0.1, -0.05) is 49.4 Å². The van der Waals surface area contributed by atoms with E-state index in [4.69, 9.17) is 4.98 Å². The third-order valence-electron chi connectivity index (χ3n) is 7.31. The molecule has 0 radical (unpaired) electrons. The zero-order valence-electron chi connectivity index (χ0n) is 20.8. The first-order valence-corrected chi connectivity index (χ1v) is 13.5. The number of carbonyl (C=O) groups is 2. The summed E-state index contributed by atoms with van der Waals surface area (Å²) in [6, 6.07) is 16.4. The Morgan fingerprint density at radius 3 is 2.59 bits per heavy atom. The molecule has 7 heteroatoms. The summed E-state index contributed by atoms with van der Waals surface area (Å²) >= 11 is 1.37. The number of carbonyl (C=O) groups excluding carboxylic acids is 2. The number of benzene rings is 2. The Kier molecular flexibility index (Phi) is 5.88. The largest absolute Gasteiger partial charge is 0.507 e. The third-order valence-corrected chi connectivity index (χ3v) is 8.33. The standard InChI is InChI=1S/C30H27N3O3S/c1-17(2)19-12-13-22-24(16-19)37-30(32-22)33-26(23-9-5-6-14-31-23)25(28(35)29(33)36)27(34)21-11-10-18-7-3-4-8-20(18)15-21/h5-6,9-17,26,34H,3-4,7-8H2,1-2H3/b27-25+. The number of fused-ring (bicyclic) bond motifs is 2. The van der Waals surface area contributed by atoms with Crippen LogP contribution in [0.4, 0.5) is 5.13 Å². The van der Waals surface area contributed by atoms with Crippen LogP contribution in [0.3, 0.4) is 0 Å². The lowest BCUT2D eigenvalue weighted by Crippen LogP contribution is -2.29. The number of aliphatic hydroxyl groups is 1. The number of anilines is 1. The molecule has 3 heterocycles. The SMILES string of the molecule is CC(C)c1ccc2nc(N3C(=O)C(=O)/C(=C(/O)c4ccc5c(c4)CCCC5)C3c3ccccn3)sc2c1. The van der Waals surface area contributed by atoms with Crippen molar-refractivity contribution in [2.24, 2.45) is 0 Å². The Hall–Kier alpha value is -3.84. The quantitative estimate of drug-likeness (QED) is 0.198. The van der Waals surface area contributed by atoms with Crippen molar-refractivity contribution >= 4 is 44.1 Å². The van der Waals surface area contributed by atoms with Gasteiger partial charge in [0.15, 0.2) is 5.13 Å². The van der Waals surface area contributed by atoms with Gasteiger partial charge in [0.25, 0.3) is 5.78 Å². The summed E-state index contributed by atoms with van der Waals surface area (Å²) in [6.45, 7) is 4.26. The van der Waals surface area contributed by atoms with Crippen molar-refractivity contribution in [3.63, 3.8) is 0 Å². The predicted molar refractivity (Wildman–Crippen MR) is 146 cm³/mol. The summed E-state index contributed by atoms with van der Waals surface area (Å²) in [7, 11) is 0. The maximum Gasteiger partial charge on any atom is 0.301 e. The maximum absolute atomic E-state index is 13.5. The van der Waals surface area contributed by atoms with Crippen molar-refractivity contribution in [2.45, 2.75) is 51.5 Å². The van der Waals surface area contributed by atoms with E-state index in [1.165, 1.54) is 32.9 Å². The number of aliphatic hydroxyl groups excluding tert-OH is 1. The average molecular weight is 510 g/mol. The number of aryl methyl sites for hydroxylation is 2. The molecular formula is C30H27N3O3S. The van der Waals surface area contributed by atoms with Crippen molar-refractivity contribution < 1.29 is 14.7 Å². The van der Waals surface area contributed by atoms with Crippen LogP contribution in [-0.2, 0) is 22.4 Å². The molecule has 6 rings (SSSR count). The molecule has 2 aromatic carbocycles. The molecule has 186 valence electrons. The van der Waals surface area contributed by atoms with Gasteiger partial charge in [-0.2, -0.15) is 0 Å². The molecule has 1 aliphatic heterocycles. The van der Waals surface area contributed by atoms with E-state index in [0.717, 1.165) is 35.9 Å². The van der Waals surface area contributed by atoms with Crippen LogP contribution >= 0.6 is 11.3 Å². The van der Waals surface area contributed by atoms with Crippen LogP contribution in [0.25, 0.3) is 16.0 Å². The van der Waals surface area contributed by atoms with Crippen LogP contribution in [0.15, 0.2) is 66.4 Å². The average Bonchev–Trinajstić information content (AvgIpc) is 3.46. The molecule has 1 saturated heterocycles. The first-order valence-electron chi connectivity index (χ1n) is 12.7. The number of Topliss-reactive ketones (excluding diaryl/α,β-unsaturated/α-hetero) is 1. The van der Waals surface area contributed by atoms with Gasteiger partial charge in [0, 0.05) is 11.8 Å². The fraction of sp³-hybridized carbons (Fsp3) is 0.267. The lowest BCUT2D eigenvalue weighted by atomic mass is 9.89. The zero-order valence-corrected chi connectivity index (χ0v) is 21.6. The molecular weight excluding hydrogens is 482 g/mol. The van der Waals surface area contributed by atoms with Crippen LogP contribution in [0.2, 0.25) is 0 Å². The van der Waals surface area contributed by atoms with Gasteiger partial charge in [0.2, 0.25) is 0 Å². The summed E-state index contributed by atoms with van der Waals surface area (Å²) in [6.07, 6.45) is 5.85. The summed E-state index contributed by atoms with van der Waals surface area (Å²) in [5.74, 6) is -1.26. The van der Waals surface area contributed by atoms with Gasteiger partial charge in [-0.3, -0.25) is 19.5 Å². The summed E-state index contributed by atoms with van der Waals surface area (Å²) in [5.41, 5.74) is 5.50. The number of thiazole rings is 1. The van der Waals surface area contributed by atoms with Gasteiger partial charge in [-0.15, -0.1) is 0 Å². The molecule has 1 N–H and O–H groups in total. The highest BCUT2D eigenvalue weighted by atomic mass is 32.1. The van der Waals surface area contributed by atoms with Crippen LogP contribution in [0.1, 0.15) is 66.6 Å². The van der Waals surface area contributed by atoms with Crippen LogP contribution in [0.5, 0.6) is 0 Å². The summed E-state index contributed by atoms with van der Waals surface area (Å²) < 4.78 is 0.942. The Labute approximate surface area is 219 Å². The minimum Gasteiger partial charge on any atom is -0.507 e. The highest BCUT2D eigenvalue weighted by Crippen LogP contribution is 2.44. The first-order chi connectivity index (χ1) is 17.9. The number of rotatable bonds is 4. The maximum atomic E-state index is 13.5. The van der Waals surface area contributed by atoms with Crippen molar-refractivity contribution in [1.82, 2.24) is 9.97 Å². The molecule has 1 amide bonds. The van der Waals surface area contributed by atoms with Gasteiger partial charge in [0.1, 0.15) is 11.8 Å².